The largest absolute Gasteiger partial charge is 0.354 e. The predicted molar refractivity (Wildman–Crippen MR) is 64.0 cm³/mol. The summed E-state index contributed by atoms with van der Waals surface area (Å²) in [7, 11) is -0.823. The molecule has 0 rings (SSSR count). The maximum absolute atomic E-state index is 11.4. The van der Waals surface area contributed by atoms with Crippen molar-refractivity contribution in [2.75, 3.05) is 18.1 Å². The molecule has 0 aliphatic carbocycles. The van der Waals surface area contributed by atoms with E-state index in [0.29, 0.717) is 30.4 Å². The summed E-state index contributed by atoms with van der Waals surface area (Å²) in [6.07, 6.45) is 0.683. The molecule has 0 radical (unpaired) electrons. The van der Waals surface area contributed by atoms with Crippen molar-refractivity contribution in [2.24, 2.45) is 11.7 Å². The minimum atomic E-state index is -0.823. The van der Waals surface area contributed by atoms with Crippen LogP contribution in [0.25, 0.3) is 0 Å². The molecule has 0 saturated heterocycles. The highest BCUT2D eigenvalue weighted by atomic mass is 32.2. The SMILES string of the molecule is CCS(=O)CCNC(=O)[C@H](N)CC(C)C. The van der Waals surface area contributed by atoms with Crippen LogP contribution in [0, 0.1) is 5.92 Å². The van der Waals surface area contributed by atoms with Gasteiger partial charge in [-0.2, -0.15) is 0 Å². The zero-order valence-corrected chi connectivity index (χ0v) is 10.6. The number of rotatable bonds is 7. The Hall–Kier alpha value is -0.420. The molecule has 0 aliphatic heterocycles. The molecule has 15 heavy (non-hydrogen) atoms. The number of carbonyl (C=O) groups excluding carboxylic acids is 1. The lowest BCUT2D eigenvalue weighted by molar-refractivity contribution is -0.122. The van der Waals surface area contributed by atoms with E-state index in [4.69, 9.17) is 5.73 Å². The Balaban J connectivity index is 3.69. The Morgan fingerprint density at radius 1 is 1.47 bits per heavy atom. The van der Waals surface area contributed by atoms with E-state index >= 15 is 0 Å². The van der Waals surface area contributed by atoms with Gasteiger partial charge in [-0.3, -0.25) is 9.00 Å². The van der Waals surface area contributed by atoms with Gasteiger partial charge < -0.3 is 11.1 Å². The normalized spacial score (nSPS) is 15.0. The maximum Gasteiger partial charge on any atom is 0.236 e. The molecule has 5 heteroatoms. The van der Waals surface area contributed by atoms with Crippen molar-refractivity contribution in [3.05, 3.63) is 0 Å². The Morgan fingerprint density at radius 2 is 2.07 bits per heavy atom. The third kappa shape index (κ3) is 7.50. The molecule has 0 fully saturated rings. The summed E-state index contributed by atoms with van der Waals surface area (Å²) in [5, 5.41) is 2.70. The van der Waals surface area contributed by atoms with Crippen LogP contribution >= 0.6 is 0 Å². The number of amides is 1. The molecule has 0 aliphatic rings. The molecule has 0 spiro atoms. The van der Waals surface area contributed by atoms with E-state index in [1.54, 1.807) is 0 Å². The van der Waals surface area contributed by atoms with Gasteiger partial charge in [0.15, 0.2) is 0 Å². The highest BCUT2D eigenvalue weighted by Gasteiger charge is 2.14. The highest BCUT2D eigenvalue weighted by molar-refractivity contribution is 7.84. The van der Waals surface area contributed by atoms with Gasteiger partial charge in [0, 0.05) is 28.9 Å². The molecule has 0 aromatic carbocycles. The number of hydrogen-bond acceptors (Lipinski definition) is 3. The standard InChI is InChI=1S/C10H22N2O2S/c1-4-15(14)6-5-12-10(13)9(11)7-8(2)3/h8-9H,4-7,11H2,1-3H3,(H,12,13)/t9-,15?/m1/s1. The van der Waals surface area contributed by atoms with E-state index in [9.17, 15) is 9.00 Å². The van der Waals surface area contributed by atoms with Crippen molar-refractivity contribution < 1.29 is 9.00 Å². The summed E-state index contributed by atoms with van der Waals surface area (Å²) in [6, 6.07) is -0.444. The second-order valence-electron chi connectivity index (χ2n) is 3.96. The van der Waals surface area contributed by atoms with Gasteiger partial charge >= 0.3 is 0 Å². The predicted octanol–water partition coefficient (Wildman–Crippen LogP) is 0.245. The fourth-order valence-electron chi connectivity index (χ4n) is 1.18. The first-order valence-corrected chi connectivity index (χ1v) is 6.84. The molecule has 1 amide bonds. The molecule has 1 unspecified atom stereocenters. The van der Waals surface area contributed by atoms with Crippen LogP contribution in [-0.2, 0) is 15.6 Å². The van der Waals surface area contributed by atoms with Crippen LogP contribution < -0.4 is 11.1 Å². The summed E-state index contributed by atoms with van der Waals surface area (Å²) < 4.78 is 11.1. The molecule has 0 bridgehead atoms. The third-order valence-corrected chi connectivity index (χ3v) is 3.32. The van der Waals surface area contributed by atoms with E-state index in [1.807, 2.05) is 20.8 Å². The van der Waals surface area contributed by atoms with Crippen molar-refractivity contribution in [1.29, 1.82) is 0 Å². The molecule has 2 atom stereocenters. The monoisotopic (exact) mass is 234 g/mol. The Labute approximate surface area is 94.4 Å². The van der Waals surface area contributed by atoms with E-state index in [2.05, 4.69) is 5.32 Å². The minimum Gasteiger partial charge on any atom is -0.354 e. The second-order valence-corrected chi connectivity index (χ2v) is 5.82. The quantitative estimate of drug-likeness (QED) is 0.663. The lowest BCUT2D eigenvalue weighted by Crippen LogP contribution is -2.42. The average Bonchev–Trinajstić information content (AvgIpc) is 2.16. The van der Waals surface area contributed by atoms with Crippen LogP contribution in [0.4, 0.5) is 0 Å². The first-order valence-electron chi connectivity index (χ1n) is 5.35. The molecule has 4 nitrogen and oxygen atoms in total. The third-order valence-electron chi connectivity index (χ3n) is 2.01. The van der Waals surface area contributed by atoms with Gasteiger partial charge in [-0.1, -0.05) is 20.8 Å². The van der Waals surface area contributed by atoms with Crippen molar-refractivity contribution in [1.82, 2.24) is 5.32 Å². The zero-order valence-electron chi connectivity index (χ0n) is 9.79. The van der Waals surface area contributed by atoms with Gasteiger partial charge in [-0.15, -0.1) is 0 Å². The molecule has 0 aromatic rings. The molecule has 0 aromatic heterocycles. The summed E-state index contributed by atoms with van der Waals surface area (Å²) in [4.78, 5) is 11.4. The van der Waals surface area contributed by atoms with Gasteiger partial charge in [0.25, 0.3) is 0 Å². The molecule has 0 saturated carbocycles. The summed E-state index contributed by atoms with van der Waals surface area (Å²) >= 11 is 0. The van der Waals surface area contributed by atoms with Crippen LogP contribution in [0.2, 0.25) is 0 Å². The summed E-state index contributed by atoms with van der Waals surface area (Å²) in [6.45, 7) is 6.37. The van der Waals surface area contributed by atoms with Crippen LogP contribution in [-0.4, -0.2) is 34.2 Å². The lowest BCUT2D eigenvalue weighted by atomic mass is 10.0. The minimum absolute atomic E-state index is 0.142. The number of nitrogens with one attached hydrogen (secondary N) is 1. The Morgan fingerprint density at radius 3 is 2.53 bits per heavy atom. The van der Waals surface area contributed by atoms with Gasteiger partial charge in [0.05, 0.1) is 6.04 Å². The molecular weight excluding hydrogens is 212 g/mol. The molecule has 90 valence electrons. The van der Waals surface area contributed by atoms with Crippen LogP contribution in [0.15, 0.2) is 0 Å². The summed E-state index contributed by atoms with van der Waals surface area (Å²) in [5.41, 5.74) is 5.68. The Kier molecular flexibility index (Phi) is 7.60. The first-order chi connectivity index (χ1) is 6.97. The fourth-order valence-corrected chi connectivity index (χ4v) is 1.80. The summed E-state index contributed by atoms with van der Waals surface area (Å²) in [5.74, 6) is 1.41. The van der Waals surface area contributed by atoms with E-state index in [-0.39, 0.29) is 5.91 Å². The Bertz CT molecular complexity index is 219. The average molecular weight is 234 g/mol. The van der Waals surface area contributed by atoms with E-state index < -0.39 is 16.8 Å². The fraction of sp³-hybridized carbons (Fsp3) is 0.900. The van der Waals surface area contributed by atoms with Gasteiger partial charge in [-0.25, -0.2) is 0 Å². The second kappa shape index (κ2) is 7.82. The zero-order chi connectivity index (χ0) is 11.8. The van der Waals surface area contributed by atoms with E-state index in [0.717, 1.165) is 0 Å². The number of carbonyl (C=O) groups is 1. The van der Waals surface area contributed by atoms with Gasteiger partial charge in [0.1, 0.15) is 0 Å². The van der Waals surface area contributed by atoms with Crippen LogP contribution in [0.1, 0.15) is 27.2 Å². The van der Waals surface area contributed by atoms with Crippen molar-refractivity contribution in [3.8, 4) is 0 Å². The lowest BCUT2D eigenvalue weighted by Gasteiger charge is -2.13. The number of nitrogens with two attached hydrogens (primary N) is 1. The molecule has 3 N–H and O–H groups in total. The van der Waals surface area contributed by atoms with Crippen LogP contribution in [0.3, 0.4) is 0 Å². The van der Waals surface area contributed by atoms with Crippen LogP contribution in [0.5, 0.6) is 0 Å². The highest BCUT2D eigenvalue weighted by Crippen LogP contribution is 2.02. The van der Waals surface area contributed by atoms with Gasteiger partial charge in [-0.05, 0) is 12.3 Å². The number of hydrogen-bond donors (Lipinski definition) is 2. The van der Waals surface area contributed by atoms with Gasteiger partial charge in [0.2, 0.25) is 5.91 Å². The van der Waals surface area contributed by atoms with Crippen molar-refractivity contribution in [3.63, 3.8) is 0 Å². The van der Waals surface area contributed by atoms with Crippen molar-refractivity contribution in [2.45, 2.75) is 33.2 Å². The maximum atomic E-state index is 11.4. The van der Waals surface area contributed by atoms with E-state index in [1.165, 1.54) is 0 Å². The molecule has 0 heterocycles. The topological polar surface area (TPSA) is 72.2 Å². The van der Waals surface area contributed by atoms with Crippen molar-refractivity contribution >= 4 is 16.7 Å². The first kappa shape index (κ1) is 14.6. The molecular formula is C10H22N2O2S. The smallest absolute Gasteiger partial charge is 0.236 e.